The Morgan fingerprint density at radius 2 is 1.50 bits per heavy atom. The summed E-state index contributed by atoms with van der Waals surface area (Å²) in [5.74, 6) is 0. The average molecular weight is 104 g/mol. The van der Waals surface area contributed by atoms with Crippen molar-refractivity contribution in [2.75, 3.05) is 0 Å². The first-order chi connectivity index (χ1) is 1.41. The van der Waals surface area contributed by atoms with Gasteiger partial charge >= 0.3 is 29.6 Å². The number of nitrogens with zero attached hydrogens (tertiary/aromatic N) is 1. The van der Waals surface area contributed by atoms with Crippen LogP contribution in [0.15, 0.2) is 5.34 Å². The van der Waals surface area contributed by atoms with Crippen LogP contribution in [0.1, 0.15) is 0 Å². The van der Waals surface area contributed by atoms with Gasteiger partial charge in [0.05, 0.1) is 0 Å². The van der Waals surface area contributed by atoms with E-state index in [1.807, 2.05) is 0 Å². The van der Waals surface area contributed by atoms with Crippen molar-refractivity contribution in [2.45, 2.75) is 0 Å². The number of rotatable bonds is 0. The molecule has 0 amide bonds. The van der Waals surface area contributed by atoms with Gasteiger partial charge in [-0.3, -0.25) is 0 Å². The molecule has 6 heavy (non-hydrogen) atoms. The van der Waals surface area contributed by atoms with Crippen LogP contribution in [0.2, 0.25) is 0 Å². The zero-order chi connectivity index (χ0) is 2.71. The normalized spacial score (nSPS) is 2.00. The fourth-order valence-corrected chi connectivity index (χ4v) is 0. The molecule has 0 heterocycles. The van der Waals surface area contributed by atoms with Crippen molar-refractivity contribution in [1.29, 1.82) is 0 Å². The maximum absolute atomic E-state index is 8.00. The van der Waals surface area contributed by atoms with Gasteiger partial charge in [-0.25, -0.2) is 0 Å². The summed E-state index contributed by atoms with van der Waals surface area (Å²) < 4.78 is 0. The van der Waals surface area contributed by atoms with Crippen molar-refractivity contribution in [2.24, 2.45) is 5.34 Å². The van der Waals surface area contributed by atoms with Gasteiger partial charge in [-0.15, -0.1) is 5.34 Å². The van der Waals surface area contributed by atoms with E-state index in [0.717, 1.165) is 5.34 Å². The van der Waals surface area contributed by atoms with E-state index in [1.54, 1.807) is 0 Å². The van der Waals surface area contributed by atoms with Crippen molar-refractivity contribution in [1.82, 2.24) is 6.15 Å². The molecule has 0 aliphatic heterocycles. The molecule has 0 atom stereocenters. The van der Waals surface area contributed by atoms with Gasteiger partial charge in [0.2, 0.25) is 0 Å². The topological polar surface area (TPSA) is 119 Å². The molecule has 0 rings (SSSR count). The van der Waals surface area contributed by atoms with E-state index in [9.17, 15) is 0 Å². The first-order valence-electron chi connectivity index (χ1n) is 0.365. The standard InChI is InChI=1S/HNO2.H3N.Na.H2O/c2-1-3;;;/h(H,2,3);1H3;;1H2/q;;+1;/p-1. The molecule has 6 heteroatoms. The molecule has 0 aliphatic carbocycles. The minimum absolute atomic E-state index is 0. The molecule has 0 spiro atoms. The van der Waals surface area contributed by atoms with Gasteiger partial charge in [-0.2, -0.15) is 0 Å². The van der Waals surface area contributed by atoms with Crippen LogP contribution in [0.3, 0.4) is 0 Å². The second kappa shape index (κ2) is 57.0. The van der Waals surface area contributed by atoms with Gasteiger partial charge in [-0.05, 0) is 0 Å². The van der Waals surface area contributed by atoms with Gasteiger partial charge in [0.1, 0.15) is 0 Å². The first kappa shape index (κ1) is 33.2. The van der Waals surface area contributed by atoms with Crippen molar-refractivity contribution in [3.8, 4) is 0 Å². The fourth-order valence-electron chi connectivity index (χ4n) is 0. The minimum atomic E-state index is 0. The predicted molar refractivity (Wildman–Crippen MR) is 17.1 cm³/mol. The third kappa shape index (κ3) is 465. The Kier molecular flexibility index (Phi) is 316. The summed E-state index contributed by atoms with van der Waals surface area (Å²) in [7, 11) is 0. The molecular formula is H5N2NaO3. The monoisotopic (exact) mass is 104 g/mol. The van der Waals surface area contributed by atoms with E-state index in [4.69, 9.17) is 10.1 Å². The van der Waals surface area contributed by atoms with Crippen LogP contribution >= 0.6 is 0 Å². The summed E-state index contributed by atoms with van der Waals surface area (Å²) in [6, 6.07) is 0. The van der Waals surface area contributed by atoms with Crippen LogP contribution in [-0.4, -0.2) is 5.48 Å². The van der Waals surface area contributed by atoms with Crippen molar-refractivity contribution in [3.63, 3.8) is 0 Å². The molecule has 0 unspecified atom stereocenters. The van der Waals surface area contributed by atoms with E-state index in [-0.39, 0.29) is 41.2 Å². The quantitative estimate of drug-likeness (QED) is 0.207. The molecular weight excluding hydrogens is 99.0 g/mol. The second-order valence-electron chi connectivity index (χ2n) is 0.0745. The predicted octanol–water partition coefficient (Wildman–Crippen LogP) is -2.55. The molecule has 0 aliphatic rings. The first-order valence-corrected chi connectivity index (χ1v) is 0.365. The molecule has 5 nitrogen and oxygen atoms in total. The Bertz CT molecular complexity index is 16.3. The smallest absolute Gasteiger partial charge is 0.870 e. The Labute approximate surface area is 56.8 Å². The van der Waals surface area contributed by atoms with E-state index in [0.29, 0.717) is 0 Å². The van der Waals surface area contributed by atoms with E-state index in [1.165, 1.54) is 0 Å². The van der Waals surface area contributed by atoms with Gasteiger partial charge < -0.3 is 21.7 Å². The third-order valence-electron chi connectivity index (χ3n) is 0. The van der Waals surface area contributed by atoms with Crippen LogP contribution in [0.4, 0.5) is 0 Å². The molecule has 5 N–H and O–H groups in total. The molecule has 0 radical (unpaired) electrons. The summed E-state index contributed by atoms with van der Waals surface area (Å²) in [4.78, 5) is 8.00. The van der Waals surface area contributed by atoms with Crippen molar-refractivity contribution < 1.29 is 35.0 Å². The molecule has 0 bridgehead atoms. The Morgan fingerprint density at radius 1 is 1.50 bits per heavy atom. The summed E-state index contributed by atoms with van der Waals surface area (Å²) in [5.41, 5.74) is 0. The Balaban J connectivity index is -0.00000000667. The van der Waals surface area contributed by atoms with Gasteiger partial charge in [0.15, 0.2) is 0 Å². The molecule has 34 valence electrons. The molecule has 0 aromatic carbocycles. The van der Waals surface area contributed by atoms with Crippen LogP contribution in [0.5, 0.6) is 0 Å². The van der Waals surface area contributed by atoms with Crippen molar-refractivity contribution in [3.05, 3.63) is 10.1 Å². The van der Waals surface area contributed by atoms with Gasteiger partial charge in [0.25, 0.3) is 0 Å². The Hall–Kier alpha value is 0.320. The maximum Gasteiger partial charge on any atom is 1.00 e. The van der Waals surface area contributed by atoms with Crippen LogP contribution in [0, 0.1) is 10.1 Å². The SMILES string of the molecule is O=N[O-].[NH4+].[Na+].[OH-]. The Morgan fingerprint density at radius 3 is 1.50 bits per heavy atom. The van der Waals surface area contributed by atoms with Crippen LogP contribution < -0.4 is 35.7 Å². The molecule has 0 fully saturated rings. The summed E-state index contributed by atoms with van der Waals surface area (Å²) in [5, 5.41) is 9.00. The molecule has 0 aromatic rings. The van der Waals surface area contributed by atoms with Gasteiger partial charge in [0, 0.05) is 0 Å². The largest absolute Gasteiger partial charge is 1.00 e. The summed E-state index contributed by atoms with van der Waals surface area (Å²) in [6.45, 7) is 0. The zero-order valence-electron chi connectivity index (χ0n) is 3.71. The van der Waals surface area contributed by atoms with Gasteiger partial charge in [-0.1, -0.05) is 0 Å². The van der Waals surface area contributed by atoms with Crippen LogP contribution in [0.25, 0.3) is 0 Å². The number of quaternary nitrogens is 1. The average Bonchev–Trinajstić information content (AvgIpc) is 0.918. The maximum atomic E-state index is 8.00. The van der Waals surface area contributed by atoms with E-state index < -0.39 is 0 Å². The van der Waals surface area contributed by atoms with E-state index >= 15 is 0 Å². The molecule has 0 aromatic heterocycles. The fraction of sp³-hybridized carbons (Fsp3) is 0. The van der Waals surface area contributed by atoms with Crippen molar-refractivity contribution >= 4 is 0 Å². The number of hydrogen-bond acceptors (Lipinski definition) is 4. The van der Waals surface area contributed by atoms with Crippen LogP contribution in [-0.2, 0) is 0 Å². The second-order valence-corrected chi connectivity index (χ2v) is 0.0745. The molecule has 0 saturated heterocycles. The molecule has 0 saturated carbocycles. The number of hydrogen-bond donors (Lipinski definition) is 1. The van der Waals surface area contributed by atoms with E-state index in [2.05, 4.69) is 0 Å². The summed E-state index contributed by atoms with van der Waals surface area (Å²) in [6.07, 6.45) is 0. The third-order valence-corrected chi connectivity index (χ3v) is 0. The zero-order valence-corrected chi connectivity index (χ0v) is 5.71. The minimum Gasteiger partial charge on any atom is -0.870 e. The summed E-state index contributed by atoms with van der Waals surface area (Å²) >= 11 is 0.